The Morgan fingerprint density at radius 3 is 2.95 bits per heavy atom. The van der Waals surface area contributed by atoms with Crippen molar-refractivity contribution in [3.05, 3.63) is 53.3 Å². The van der Waals surface area contributed by atoms with Crippen molar-refractivity contribution in [1.82, 2.24) is 19.2 Å². The molecule has 7 nitrogen and oxygen atoms in total. The van der Waals surface area contributed by atoms with E-state index in [4.69, 9.17) is 5.73 Å². The van der Waals surface area contributed by atoms with Crippen LogP contribution in [-0.4, -0.2) is 30.8 Å². The van der Waals surface area contributed by atoms with E-state index in [2.05, 4.69) is 10.1 Å². The molecule has 8 heteroatoms. The Morgan fingerprint density at radius 1 is 1.33 bits per heavy atom. The van der Waals surface area contributed by atoms with E-state index in [-0.39, 0.29) is 5.75 Å². The molecule has 2 N–H and O–H groups in total. The van der Waals surface area contributed by atoms with Crippen molar-refractivity contribution in [2.45, 2.75) is 4.90 Å². The number of rotatable bonds is 3. The quantitative estimate of drug-likeness (QED) is 0.722. The Labute approximate surface area is 123 Å². The maximum Gasteiger partial charge on any atom is 0.357 e. The summed E-state index contributed by atoms with van der Waals surface area (Å²) in [5.41, 5.74) is 6.21. The van der Waals surface area contributed by atoms with E-state index in [9.17, 15) is 9.59 Å². The van der Waals surface area contributed by atoms with Crippen LogP contribution in [0.2, 0.25) is 0 Å². The predicted molar refractivity (Wildman–Crippen MR) is 79.5 cm³/mol. The lowest BCUT2D eigenvalue weighted by atomic mass is 10.4. The predicted octanol–water partition coefficient (Wildman–Crippen LogP) is 0.906. The van der Waals surface area contributed by atoms with E-state index < -0.39 is 11.6 Å². The van der Waals surface area contributed by atoms with Gasteiger partial charge in [0, 0.05) is 17.3 Å². The molecule has 21 heavy (non-hydrogen) atoms. The lowest BCUT2D eigenvalue weighted by molar-refractivity contribution is 0.0922. The van der Waals surface area contributed by atoms with Crippen LogP contribution >= 0.6 is 11.8 Å². The molecule has 0 amide bonds. The van der Waals surface area contributed by atoms with Crippen molar-refractivity contribution in [3.8, 4) is 0 Å². The molecule has 0 bridgehead atoms. The summed E-state index contributed by atoms with van der Waals surface area (Å²) in [6.07, 6.45) is 4.69. The minimum atomic E-state index is -0.473. The van der Waals surface area contributed by atoms with Crippen LogP contribution in [0.1, 0.15) is 4.79 Å². The number of carbonyl (C=O) groups excluding carboxylic acids is 1. The first-order valence-corrected chi connectivity index (χ1v) is 7.07. The van der Waals surface area contributed by atoms with Crippen LogP contribution in [-0.2, 0) is 0 Å². The number of hydrogen-bond donors (Lipinski definition) is 1. The van der Waals surface area contributed by atoms with E-state index >= 15 is 0 Å². The highest BCUT2D eigenvalue weighted by Crippen LogP contribution is 2.23. The molecule has 0 saturated heterocycles. The summed E-state index contributed by atoms with van der Waals surface area (Å²) < 4.78 is 2.20. The lowest BCUT2D eigenvalue weighted by Gasteiger charge is -2.02. The highest BCUT2D eigenvalue weighted by atomic mass is 32.2. The van der Waals surface area contributed by atoms with Gasteiger partial charge in [-0.2, -0.15) is 0 Å². The summed E-state index contributed by atoms with van der Waals surface area (Å²) in [6, 6.07) is 6.85. The molecule has 106 valence electrons. The van der Waals surface area contributed by atoms with Gasteiger partial charge in [0.2, 0.25) is 0 Å². The minimum Gasteiger partial charge on any atom is -0.397 e. The fourth-order valence-electron chi connectivity index (χ4n) is 1.81. The molecule has 3 heterocycles. The Morgan fingerprint density at radius 2 is 2.19 bits per heavy atom. The van der Waals surface area contributed by atoms with E-state index in [1.807, 2.05) is 0 Å². The third-order valence-electron chi connectivity index (χ3n) is 2.83. The minimum absolute atomic E-state index is 0.0675. The van der Waals surface area contributed by atoms with Gasteiger partial charge in [0.05, 0.1) is 17.6 Å². The van der Waals surface area contributed by atoms with Crippen molar-refractivity contribution in [2.24, 2.45) is 0 Å². The summed E-state index contributed by atoms with van der Waals surface area (Å²) in [6.45, 7) is 0. The van der Waals surface area contributed by atoms with Gasteiger partial charge in [0.25, 0.3) is 5.91 Å². The number of aromatic nitrogens is 4. The Bertz CT molecular complexity index is 870. The zero-order valence-corrected chi connectivity index (χ0v) is 11.7. The van der Waals surface area contributed by atoms with Gasteiger partial charge in [0.15, 0.2) is 5.65 Å². The fourth-order valence-corrected chi connectivity index (χ4v) is 2.59. The van der Waals surface area contributed by atoms with Crippen LogP contribution < -0.4 is 11.4 Å². The molecule has 0 unspecified atom stereocenters. The first-order valence-electron chi connectivity index (χ1n) is 6.09. The van der Waals surface area contributed by atoms with Crippen LogP contribution in [0.4, 0.5) is 5.69 Å². The second kappa shape index (κ2) is 5.41. The zero-order valence-electron chi connectivity index (χ0n) is 10.8. The van der Waals surface area contributed by atoms with E-state index in [0.29, 0.717) is 11.3 Å². The largest absolute Gasteiger partial charge is 0.397 e. The maximum absolute atomic E-state index is 12.1. The molecule has 0 fully saturated rings. The number of thioether (sulfide) groups is 1. The van der Waals surface area contributed by atoms with Crippen molar-refractivity contribution < 1.29 is 4.79 Å². The molecule has 0 atom stereocenters. The van der Waals surface area contributed by atoms with Gasteiger partial charge in [-0.25, -0.2) is 9.20 Å². The molecule has 0 aliphatic carbocycles. The molecule has 0 radical (unpaired) electrons. The van der Waals surface area contributed by atoms with E-state index in [0.717, 1.165) is 9.58 Å². The molecule has 0 saturated carbocycles. The van der Waals surface area contributed by atoms with Gasteiger partial charge in [-0.05, 0) is 18.2 Å². The van der Waals surface area contributed by atoms with Crippen molar-refractivity contribution in [3.63, 3.8) is 0 Å². The summed E-state index contributed by atoms with van der Waals surface area (Å²) >= 11 is 1.25. The smallest absolute Gasteiger partial charge is 0.357 e. The summed E-state index contributed by atoms with van der Waals surface area (Å²) in [7, 11) is 0. The van der Waals surface area contributed by atoms with E-state index in [1.54, 1.807) is 36.7 Å². The molecule has 3 rings (SSSR count). The molecule has 0 aliphatic rings. The second-order valence-corrected chi connectivity index (χ2v) is 5.24. The van der Waals surface area contributed by atoms with E-state index in [1.165, 1.54) is 22.4 Å². The zero-order chi connectivity index (χ0) is 14.8. The van der Waals surface area contributed by atoms with Crippen LogP contribution in [0.25, 0.3) is 5.65 Å². The first kappa shape index (κ1) is 13.4. The van der Waals surface area contributed by atoms with Gasteiger partial charge < -0.3 is 5.73 Å². The third-order valence-corrected chi connectivity index (χ3v) is 3.90. The molecule has 3 aromatic heterocycles. The van der Waals surface area contributed by atoms with Gasteiger partial charge >= 0.3 is 5.69 Å². The third kappa shape index (κ3) is 2.52. The molecule has 0 spiro atoms. The Kier molecular flexibility index (Phi) is 3.44. The van der Waals surface area contributed by atoms with Crippen LogP contribution in [0.15, 0.2) is 52.5 Å². The van der Waals surface area contributed by atoms with Crippen molar-refractivity contribution in [1.29, 1.82) is 0 Å². The Hall–Kier alpha value is -2.61. The van der Waals surface area contributed by atoms with Crippen molar-refractivity contribution in [2.75, 3.05) is 11.5 Å². The number of carbonyl (C=O) groups is 1. The van der Waals surface area contributed by atoms with Gasteiger partial charge in [0.1, 0.15) is 0 Å². The number of nitrogens with zero attached hydrogens (tertiary/aromatic N) is 4. The van der Waals surface area contributed by atoms with Gasteiger partial charge in [-0.1, -0.05) is 6.07 Å². The number of hydrogen-bond acceptors (Lipinski definition) is 6. The fraction of sp³-hybridized carbons (Fsp3) is 0.0769. The maximum atomic E-state index is 12.1. The van der Waals surface area contributed by atoms with Crippen molar-refractivity contribution >= 4 is 29.0 Å². The van der Waals surface area contributed by atoms with Crippen LogP contribution in [0.3, 0.4) is 0 Å². The SMILES string of the molecule is Nc1cnccc1SCC(=O)n1nc2ccccn2c1=O. The number of nitrogen functional groups attached to an aromatic ring is 1. The number of anilines is 1. The normalized spacial score (nSPS) is 10.9. The Balaban J connectivity index is 1.83. The van der Waals surface area contributed by atoms with Crippen LogP contribution in [0.5, 0.6) is 0 Å². The standard InChI is InChI=1S/C13H11N5O2S/c14-9-7-15-5-4-10(9)21-8-12(19)18-13(20)17-6-2-1-3-11(17)16-18/h1-7H,8,14H2. The second-order valence-electron chi connectivity index (χ2n) is 4.22. The molecular weight excluding hydrogens is 290 g/mol. The van der Waals surface area contributed by atoms with Crippen LogP contribution in [0, 0.1) is 0 Å². The molecule has 0 aromatic carbocycles. The number of pyridine rings is 2. The summed E-state index contributed by atoms with van der Waals surface area (Å²) in [4.78, 5) is 28.8. The average molecular weight is 301 g/mol. The highest BCUT2D eigenvalue weighted by Gasteiger charge is 2.14. The summed E-state index contributed by atoms with van der Waals surface area (Å²) in [5, 5.41) is 4.01. The average Bonchev–Trinajstić information content (AvgIpc) is 2.84. The van der Waals surface area contributed by atoms with Gasteiger partial charge in [-0.15, -0.1) is 21.5 Å². The highest BCUT2D eigenvalue weighted by molar-refractivity contribution is 8.00. The number of fused-ring (bicyclic) bond motifs is 1. The topological polar surface area (TPSA) is 95.3 Å². The lowest BCUT2D eigenvalue weighted by Crippen LogP contribution is -2.28. The number of nitrogens with two attached hydrogens (primary N) is 1. The first-order chi connectivity index (χ1) is 10.2. The molecule has 3 aromatic rings. The summed E-state index contributed by atoms with van der Waals surface area (Å²) in [5.74, 6) is -0.331. The molecular formula is C13H11N5O2S. The van der Waals surface area contributed by atoms with Gasteiger partial charge in [-0.3, -0.25) is 9.78 Å². The monoisotopic (exact) mass is 301 g/mol. The molecule has 0 aliphatic heterocycles.